The Hall–Kier alpha value is -1.38. The fourth-order valence-electron chi connectivity index (χ4n) is 3.43. The van der Waals surface area contributed by atoms with E-state index in [1.165, 1.54) is 6.07 Å². The molecule has 2 N–H and O–H groups in total. The van der Waals surface area contributed by atoms with Gasteiger partial charge in [0, 0.05) is 5.56 Å². The second kappa shape index (κ2) is 5.09. The molecule has 0 radical (unpaired) electrons. The zero-order valence-electron chi connectivity index (χ0n) is 10.8. The topological polar surface area (TPSA) is 43.1 Å². The Bertz CT molecular complexity index is 446. The lowest BCUT2D eigenvalue weighted by molar-refractivity contribution is -0.127. The predicted octanol–water partition coefficient (Wildman–Crippen LogP) is 3.15. The highest BCUT2D eigenvalue weighted by Crippen LogP contribution is 2.46. The first kappa shape index (κ1) is 13.1. The van der Waals surface area contributed by atoms with Crippen LogP contribution in [-0.2, 0) is 10.2 Å². The van der Waals surface area contributed by atoms with E-state index in [9.17, 15) is 9.18 Å². The molecule has 0 heterocycles. The van der Waals surface area contributed by atoms with E-state index in [0.717, 1.165) is 25.7 Å². The van der Waals surface area contributed by atoms with Crippen molar-refractivity contribution >= 4 is 5.91 Å². The molecule has 1 fully saturated rings. The molecule has 1 saturated carbocycles. The van der Waals surface area contributed by atoms with Gasteiger partial charge in [0.15, 0.2) is 0 Å². The van der Waals surface area contributed by atoms with Crippen LogP contribution < -0.4 is 5.73 Å². The van der Waals surface area contributed by atoms with Crippen LogP contribution in [0.2, 0.25) is 0 Å². The number of halogens is 1. The van der Waals surface area contributed by atoms with Gasteiger partial charge in [0.2, 0.25) is 5.91 Å². The first-order chi connectivity index (χ1) is 8.63. The van der Waals surface area contributed by atoms with E-state index in [2.05, 4.69) is 6.92 Å². The number of nitrogens with two attached hydrogens (primary N) is 1. The minimum Gasteiger partial charge on any atom is -0.369 e. The monoisotopic (exact) mass is 249 g/mol. The van der Waals surface area contributed by atoms with E-state index in [1.807, 2.05) is 0 Å². The third-order valence-corrected chi connectivity index (χ3v) is 4.36. The second-order valence-corrected chi connectivity index (χ2v) is 5.17. The molecule has 2 nitrogen and oxygen atoms in total. The summed E-state index contributed by atoms with van der Waals surface area (Å²) >= 11 is 0. The van der Waals surface area contributed by atoms with Crippen LogP contribution in [0.4, 0.5) is 4.39 Å². The van der Waals surface area contributed by atoms with Gasteiger partial charge >= 0.3 is 0 Å². The Kier molecular flexibility index (Phi) is 3.69. The van der Waals surface area contributed by atoms with Crippen molar-refractivity contribution in [3.63, 3.8) is 0 Å². The number of amides is 1. The van der Waals surface area contributed by atoms with Gasteiger partial charge in [-0.25, -0.2) is 4.39 Å². The maximum absolute atomic E-state index is 14.1. The summed E-state index contributed by atoms with van der Waals surface area (Å²) in [6, 6.07) is 6.57. The molecule has 0 bridgehead atoms. The number of carbonyl (C=O) groups excluding carboxylic acids is 1. The van der Waals surface area contributed by atoms with Gasteiger partial charge in [-0.2, -0.15) is 0 Å². The van der Waals surface area contributed by atoms with Crippen molar-refractivity contribution in [1.82, 2.24) is 0 Å². The number of primary amides is 1. The maximum atomic E-state index is 14.1. The van der Waals surface area contributed by atoms with Gasteiger partial charge in [-0.15, -0.1) is 0 Å². The van der Waals surface area contributed by atoms with Gasteiger partial charge in [-0.05, 0) is 24.8 Å². The summed E-state index contributed by atoms with van der Waals surface area (Å²) in [5, 5.41) is 0. The van der Waals surface area contributed by atoms with Gasteiger partial charge in [0.05, 0.1) is 5.41 Å². The number of carbonyl (C=O) groups is 1. The van der Waals surface area contributed by atoms with Crippen molar-refractivity contribution in [2.45, 2.75) is 44.4 Å². The molecule has 18 heavy (non-hydrogen) atoms. The summed E-state index contributed by atoms with van der Waals surface area (Å²) in [6.07, 6.45) is 4.52. The fraction of sp³-hybridized carbons (Fsp3) is 0.533. The molecule has 3 heteroatoms. The highest BCUT2D eigenvalue weighted by Gasteiger charge is 2.47. The first-order valence-corrected chi connectivity index (χ1v) is 6.67. The van der Waals surface area contributed by atoms with E-state index in [0.29, 0.717) is 12.0 Å². The predicted molar refractivity (Wildman–Crippen MR) is 69.5 cm³/mol. The molecule has 1 aromatic carbocycles. The average molecular weight is 249 g/mol. The Labute approximate surface area is 107 Å². The van der Waals surface area contributed by atoms with Crippen molar-refractivity contribution in [2.75, 3.05) is 0 Å². The van der Waals surface area contributed by atoms with Crippen LogP contribution in [-0.4, -0.2) is 5.91 Å². The normalized spacial score (nSPS) is 28.0. The standard InChI is InChI=1S/C15H20FNO/c1-2-11-7-5-6-10-15(11,14(17)18)12-8-3-4-9-13(12)16/h3-4,8-9,11H,2,5-7,10H2,1H3,(H2,17,18). The molecule has 0 spiro atoms. The molecule has 0 aromatic heterocycles. The molecule has 1 aliphatic rings. The van der Waals surface area contributed by atoms with Crippen LogP contribution in [0.25, 0.3) is 0 Å². The molecule has 98 valence electrons. The van der Waals surface area contributed by atoms with Crippen LogP contribution in [0.3, 0.4) is 0 Å². The van der Waals surface area contributed by atoms with Crippen molar-refractivity contribution in [1.29, 1.82) is 0 Å². The minimum atomic E-state index is -0.807. The Morgan fingerprint density at radius 1 is 1.44 bits per heavy atom. The SMILES string of the molecule is CCC1CCCCC1(C(N)=O)c1ccccc1F. The zero-order chi connectivity index (χ0) is 13.2. The molecule has 0 saturated heterocycles. The van der Waals surface area contributed by atoms with Crippen molar-refractivity contribution < 1.29 is 9.18 Å². The van der Waals surface area contributed by atoms with E-state index in [4.69, 9.17) is 5.73 Å². The molecule has 2 unspecified atom stereocenters. The molecular weight excluding hydrogens is 229 g/mol. The second-order valence-electron chi connectivity index (χ2n) is 5.17. The third-order valence-electron chi connectivity index (χ3n) is 4.36. The van der Waals surface area contributed by atoms with E-state index < -0.39 is 5.41 Å². The molecular formula is C15H20FNO. The van der Waals surface area contributed by atoms with Crippen molar-refractivity contribution in [3.05, 3.63) is 35.6 Å². The van der Waals surface area contributed by atoms with E-state index in [1.54, 1.807) is 18.2 Å². The van der Waals surface area contributed by atoms with Crippen molar-refractivity contribution in [2.24, 2.45) is 11.7 Å². The number of hydrogen-bond acceptors (Lipinski definition) is 1. The highest BCUT2D eigenvalue weighted by molar-refractivity contribution is 5.87. The summed E-state index contributed by atoms with van der Waals surface area (Å²) in [5.74, 6) is -0.531. The van der Waals surface area contributed by atoms with E-state index in [-0.39, 0.29) is 17.6 Å². The quantitative estimate of drug-likeness (QED) is 0.878. The Morgan fingerprint density at radius 3 is 2.78 bits per heavy atom. The fourth-order valence-corrected chi connectivity index (χ4v) is 3.43. The van der Waals surface area contributed by atoms with Crippen LogP contribution in [0.1, 0.15) is 44.6 Å². The lowest BCUT2D eigenvalue weighted by atomic mass is 9.61. The molecule has 2 rings (SSSR count). The third kappa shape index (κ3) is 1.92. The molecule has 1 aliphatic carbocycles. The van der Waals surface area contributed by atoms with Gasteiger partial charge in [0.25, 0.3) is 0 Å². The summed E-state index contributed by atoms with van der Waals surface area (Å²) in [7, 11) is 0. The molecule has 2 atom stereocenters. The minimum absolute atomic E-state index is 0.153. The summed E-state index contributed by atoms with van der Waals surface area (Å²) in [4.78, 5) is 12.1. The van der Waals surface area contributed by atoms with Crippen molar-refractivity contribution in [3.8, 4) is 0 Å². The van der Waals surface area contributed by atoms with Crippen LogP contribution >= 0.6 is 0 Å². The highest BCUT2D eigenvalue weighted by atomic mass is 19.1. The lowest BCUT2D eigenvalue weighted by Crippen LogP contribution is -2.49. The Balaban J connectivity index is 2.56. The zero-order valence-corrected chi connectivity index (χ0v) is 10.8. The van der Waals surface area contributed by atoms with Crippen LogP contribution in [0.15, 0.2) is 24.3 Å². The summed E-state index contributed by atoms with van der Waals surface area (Å²) in [6.45, 7) is 2.05. The summed E-state index contributed by atoms with van der Waals surface area (Å²) in [5.41, 5.74) is 5.35. The molecule has 0 aliphatic heterocycles. The number of benzene rings is 1. The average Bonchev–Trinajstić information content (AvgIpc) is 2.39. The maximum Gasteiger partial charge on any atom is 0.228 e. The van der Waals surface area contributed by atoms with Crippen LogP contribution in [0, 0.1) is 11.7 Å². The lowest BCUT2D eigenvalue weighted by Gasteiger charge is -2.42. The molecule has 1 aromatic rings. The summed E-state index contributed by atoms with van der Waals surface area (Å²) < 4.78 is 14.1. The largest absolute Gasteiger partial charge is 0.369 e. The molecule has 1 amide bonds. The van der Waals surface area contributed by atoms with Gasteiger partial charge in [-0.3, -0.25) is 4.79 Å². The Morgan fingerprint density at radius 2 is 2.17 bits per heavy atom. The van der Waals surface area contributed by atoms with E-state index >= 15 is 0 Å². The van der Waals surface area contributed by atoms with Gasteiger partial charge in [0.1, 0.15) is 5.82 Å². The first-order valence-electron chi connectivity index (χ1n) is 6.67. The van der Waals surface area contributed by atoms with Gasteiger partial charge in [-0.1, -0.05) is 44.4 Å². The van der Waals surface area contributed by atoms with Gasteiger partial charge < -0.3 is 5.73 Å². The number of hydrogen-bond donors (Lipinski definition) is 1. The van der Waals surface area contributed by atoms with Crippen LogP contribution in [0.5, 0.6) is 0 Å². The number of rotatable bonds is 3. The smallest absolute Gasteiger partial charge is 0.228 e.